The summed E-state index contributed by atoms with van der Waals surface area (Å²) in [4.78, 5) is 12.0. The molecule has 2 rings (SSSR count). The lowest BCUT2D eigenvalue weighted by atomic mass is 10.0. The molecule has 0 fully saturated rings. The van der Waals surface area contributed by atoms with Crippen LogP contribution in [0.4, 0.5) is 11.4 Å². The van der Waals surface area contributed by atoms with Gasteiger partial charge in [-0.15, -0.1) is 0 Å². The second-order valence-electron chi connectivity index (χ2n) is 5.74. The van der Waals surface area contributed by atoms with Crippen molar-refractivity contribution in [3.63, 3.8) is 0 Å². The average Bonchev–Trinajstić information content (AvgIpc) is 2.56. The Hall–Kier alpha value is -2.69. The fraction of sp³-hybridized carbons (Fsp3) is 0.316. The molecule has 5 heteroatoms. The smallest absolute Gasteiger partial charge is 0.262 e. The normalized spacial score (nSPS) is 10.5. The molecule has 0 spiro atoms. The lowest BCUT2D eigenvalue weighted by Crippen LogP contribution is -2.20. The van der Waals surface area contributed by atoms with Gasteiger partial charge >= 0.3 is 0 Å². The van der Waals surface area contributed by atoms with Gasteiger partial charge in [-0.05, 0) is 42.7 Å². The van der Waals surface area contributed by atoms with Gasteiger partial charge in [-0.1, -0.05) is 26.0 Å². The van der Waals surface area contributed by atoms with Crippen LogP contribution in [0.25, 0.3) is 0 Å². The Kier molecular flexibility index (Phi) is 6.07. The molecule has 0 unspecified atom stereocenters. The summed E-state index contributed by atoms with van der Waals surface area (Å²) < 4.78 is 10.9. The van der Waals surface area contributed by atoms with Crippen molar-refractivity contribution in [3.8, 4) is 11.5 Å². The molecule has 0 aliphatic heterocycles. The molecule has 0 aliphatic rings. The van der Waals surface area contributed by atoms with E-state index in [4.69, 9.17) is 15.2 Å². The molecule has 5 nitrogen and oxygen atoms in total. The minimum absolute atomic E-state index is 0.0757. The minimum atomic E-state index is -0.265. The van der Waals surface area contributed by atoms with Gasteiger partial charge in [-0.3, -0.25) is 4.79 Å². The fourth-order valence-electron chi connectivity index (χ4n) is 2.20. The van der Waals surface area contributed by atoms with Crippen LogP contribution in [0.3, 0.4) is 0 Å². The van der Waals surface area contributed by atoms with Gasteiger partial charge in [0.15, 0.2) is 6.61 Å². The fourth-order valence-corrected chi connectivity index (χ4v) is 2.20. The summed E-state index contributed by atoms with van der Waals surface area (Å²) in [6.45, 7) is 6.65. The van der Waals surface area contributed by atoms with Crippen molar-refractivity contribution in [3.05, 3.63) is 48.0 Å². The molecule has 128 valence electrons. The predicted molar refractivity (Wildman–Crippen MR) is 96.7 cm³/mol. The van der Waals surface area contributed by atoms with Crippen molar-refractivity contribution in [2.75, 3.05) is 24.3 Å². The number of rotatable bonds is 7. The Morgan fingerprint density at radius 2 is 1.75 bits per heavy atom. The zero-order valence-corrected chi connectivity index (χ0v) is 14.3. The number of carbonyl (C=O) groups is 1. The Labute approximate surface area is 142 Å². The topological polar surface area (TPSA) is 73.6 Å². The van der Waals surface area contributed by atoms with Crippen molar-refractivity contribution in [2.24, 2.45) is 0 Å². The highest BCUT2D eigenvalue weighted by molar-refractivity contribution is 5.95. The van der Waals surface area contributed by atoms with E-state index in [0.717, 1.165) is 0 Å². The first-order valence-electron chi connectivity index (χ1n) is 8.04. The van der Waals surface area contributed by atoms with Gasteiger partial charge in [-0.2, -0.15) is 0 Å². The molecule has 0 heterocycles. The molecular formula is C19H24N2O3. The van der Waals surface area contributed by atoms with Crippen LogP contribution in [-0.4, -0.2) is 19.1 Å². The number of ether oxygens (including phenoxy) is 2. The second kappa shape index (κ2) is 8.24. The molecule has 2 aromatic carbocycles. The van der Waals surface area contributed by atoms with Crippen LogP contribution >= 0.6 is 0 Å². The highest BCUT2D eigenvalue weighted by Crippen LogP contribution is 2.24. The van der Waals surface area contributed by atoms with Crippen LogP contribution in [0.2, 0.25) is 0 Å². The van der Waals surface area contributed by atoms with E-state index in [-0.39, 0.29) is 12.5 Å². The van der Waals surface area contributed by atoms with E-state index in [0.29, 0.717) is 35.4 Å². The van der Waals surface area contributed by atoms with Gasteiger partial charge in [-0.25, -0.2) is 0 Å². The summed E-state index contributed by atoms with van der Waals surface area (Å²) in [5.41, 5.74) is 8.15. The van der Waals surface area contributed by atoms with E-state index in [1.807, 2.05) is 31.2 Å². The molecule has 2 aromatic rings. The largest absolute Gasteiger partial charge is 0.494 e. The molecule has 3 N–H and O–H groups in total. The minimum Gasteiger partial charge on any atom is -0.494 e. The van der Waals surface area contributed by atoms with Crippen LogP contribution in [0, 0.1) is 0 Å². The van der Waals surface area contributed by atoms with E-state index in [1.165, 1.54) is 5.56 Å². The zero-order valence-electron chi connectivity index (χ0n) is 14.3. The van der Waals surface area contributed by atoms with Gasteiger partial charge in [0.2, 0.25) is 0 Å². The summed E-state index contributed by atoms with van der Waals surface area (Å²) in [5.74, 6) is 1.53. The Bertz CT molecular complexity index is 682. The number of benzene rings is 2. The number of carbonyl (C=O) groups excluding carboxylic acids is 1. The zero-order chi connectivity index (χ0) is 17.5. The van der Waals surface area contributed by atoms with E-state index < -0.39 is 0 Å². The highest BCUT2D eigenvalue weighted by atomic mass is 16.5. The molecular weight excluding hydrogens is 304 g/mol. The van der Waals surface area contributed by atoms with Crippen molar-refractivity contribution in [2.45, 2.75) is 26.7 Å². The maximum absolute atomic E-state index is 12.0. The molecule has 1 amide bonds. The Morgan fingerprint density at radius 1 is 1.08 bits per heavy atom. The highest BCUT2D eigenvalue weighted by Gasteiger charge is 2.08. The van der Waals surface area contributed by atoms with Crippen molar-refractivity contribution in [1.29, 1.82) is 0 Å². The van der Waals surface area contributed by atoms with Gasteiger partial charge < -0.3 is 20.5 Å². The summed E-state index contributed by atoms with van der Waals surface area (Å²) >= 11 is 0. The van der Waals surface area contributed by atoms with Crippen molar-refractivity contribution in [1.82, 2.24) is 0 Å². The van der Waals surface area contributed by atoms with Crippen molar-refractivity contribution >= 4 is 17.3 Å². The lowest BCUT2D eigenvalue weighted by molar-refractivity contribution is -0.118. The Morgan fingerprint density at radius 3 is 2.33 bits per heavy atom. The van der Waals surface area contributed by atoms with Crippen LogP contribution < -0.4 is 20.5 Å². The van der Waals surface area contributed by atoms with Gasteiger partial charge in [0.05, 0.1) is 18.0 Å². The number of amides is 1. The summed E-state index contributed by atoms with van der Waals surface area (Å²) in [6, 6.07) is 12.9. The standard InChI is InChI=1S/C19H24N2O3/c1-4-23-16-9-10-18(17(20)11-16)21-19(22)12-24-15-7-5-14(6-8-15)13(2)3/h5-11,13H,4,12,20H2,1-3H3,(H,21,22). The molecule has 0 radical (unpaired) electrons. The van der Waals surface area contributed by atoms with Gasteiger partial charge in [0.1, 0.15) is 11.5 Å². The third kappa shape index (κ3) is 4.91. The molecule has 24 heavy (non-hydrogen) atoms. The number of anilines is 2. The van der Waals surface area contributed by atoms with Crippen molar-refractivity contribution < 1.29 is 14.3 Å². The maximum atomic E-state index is 12.0. The summed E-state index contributed by atoms with van der Waals surface area (Å²) in [5, 5.41) is 2.73. The Balaban J connectivity index is 1.89. The first-order valence-corrected chi connectivity index (χ1v) is 8.04. The second-order valence-corrected chi connectivity index (χ2v) is 5.74. The van der Waals surface area contributed by atoms with Crippen LogP contribution in [0.15, 0.2) is 42.5 Å². The number of nitrogens with one attached hydrogen (secondary N) is 1. The first kappa shape index (κ1) is 17.7. The third-order valence-corrected chi connectivity index (χ3v) is 3.52. The van der Waals surface area contributed by atoms with Crippen LogP contribution in [0.5, 0.6) is 11.5 Å². The van der Waals surface area contributed by atoms with E-state index in [2.05, 4.69) is 19.2 Å². The average molecular weight is 328 g/mol. The molecule has 0 aromatic heterocycles. The third-order valence-electron chi connectivity index (χ3n) is 3.52. The number of nitrogen functional groups attached to an aromatic ring is 1. The number of nitrogens with two attached hydrogens (primary N) is 1. The molecule has 0 aliphatic carbocycles. The summed E-state index contributed by atoms with van der Waals surface area (Å²) in [6.07, 6.45) is 0. The summed E-state index contributed by atoms with van der Waals surface area (Å²) in [7, 11) is 0. The SMILES string of the molecule is CCOc1ccc(NC(=O)COc2ccc(C(C)C)cc2)c(N)c1. The predicted octanol–water partition coefficient (Wildman–Crippen LogP) is 3.81. The van der Waals surface area contributed by atoms with E-state index in [1.54, 1.807) is 18.2 Å². The van der Waals surface area contributed by atoms with E-state index in [9.17, 15) is 4.79 Å². The van der Waals surface area contributed by atoms with Crippen LogP contribution in [0.1, 0.15) is 32.3 Å². The van der Waals surface area contributed by atoms with Crippen LogP contribution in [-0.2, 0) is 4.79 Å². The number of hydrogen-bond acceptors (Lipinski definition) is 4. The molecule has 0 saturated carbocycles. The van der Waals surface area contributed by atoms with Gasteiger partial charge in [0.25, 0.3) is 5.91 Å². The van der Waals surface area contributed by atoms with Gasteiger partial charge in [0, 0.05) is 6.07 Å². The number of hydrogen-bond donors (Lipinski definition) is 2. The quantitative estimate of drug-likeness (QED) is 0.758. The van der Waals surface area contributed by atoms with E-state index >= 15 is 0 Å². The maximum Gasteiger partial charge on any atom is 0.262 e. The molecule has 0 atom stereocenters. The monoisotopic (exact) mass is 328 g/mol. The molecule has 0 saturated heterocycles. The lowest BCUT2D eigenvalue weighted by Gasteiger charge is -2.11. The molecule has 0 bridgehead atoms. The first-order chi connectivity index (χ1) is 11.5.